The highest BCUT2D eigenvalue weighted by Crippen LogP contribution is 2.20. The molecule has 1 aromatic heterocycles. The van der Waals surface area contributed by atoms with E-state index < -0.39 is 18.0 Å². The quantitative estimate of drug-likeness (QED) is 0.944. The van der Waals surface area contributed by atoms with Gasteiger partial charge in [-0.2, -0.15) is 5.10 Å². The molecular formula is C16H16F2N4O. The van der Waals surface area contributed by atoms with E-state index >= 15 is 0 Å². The summed E-state index contributed by atoms with van der Waals surface area (Å²) in [5.74, 6) is -0.453. The molecule has 23 heavy (non-hydrogen) atoms. The molecular weight excluding hydrogens is 302 g/mol. The summed E-state index contributed by atoms with van der Waals surface area (Å²) < 4.78 is 28.2. The number of halogens is 2. The van der Waals surface area contributed by atoms with Crippen molar-refractivity contribution in [2.75, 3.05) is 18.4 Å². The Morgan fingerprint density at radius 2 is 2.22 bits per heavy atom. The molecule has 0 bridgehead atoms. The number of amides is 2. The van der Waals surface area contributed by atoms with Crippen LogP contribution in [-0.4, -0.2) is 40.0 Å². The highest BCUT2D eigenvalue weighted by molar-refractivity contribution is 5.90. The Kier molecular flexibility index (Phi) is 4.10. The zero-order valence-electron chi connectivity index (χ0n) is 12.5. The van der Waals surface area contributed by atoms with Crippen molar-refractivity contribution in [1.29, 1.82) is 0 Å². The van der Waals surface area contributed by atoms with Crippen molar-refractivity contribution in [1.82, 2.24) is 14.7 Å². The molecule has 5 nitrogen and oxygen atoms in total. The molecule has 2 amide bonds. The molecule has 1 aromatic carbocycles. The number of hydrogen-bond acceptors (Lipinski definition) is 2. The van der Waals surface area contributed by atoms with Crippen molar-refractivity contribution in [3.05, 3.63) is 48.0 Å². The number of rotatable bonds is 3. The van der Waals surface area contributed by atoms with Gasteiger partial charge >= 0.3 is 6.03 Å². The molecule has 1 N–H and O–H groups in total. The van der Waals surface area contributed by atoms with E-state index in [1.165, 1.54) is 27.8 Å². The lowest BCUT2D eigenvalue weighted by molar-refractivity contribution is 0.0974. The van der Waals surface area contributed by atoms with E-state index in [1.54, 1.807) is 12.4 Å². The Labute approximate surface area is 132 Å². The summed E-state index contributed by atoms with van der Waals surface area (Å²) in [5.41, 5.74) is 1.50. The van der Waals surface area contributed by atoms with E-state index in [0.717, 1.165) is 5.56 Å². The number of hydrogen-bond donors (Lipinski definition) is 1. The lowest BCUT2D eigenvalue weighted by Gasteiger charge is -2.34. The smallest absolute Gasteiger partial charge is 0.319 e. The Balaban J connectivity index is 1.79. The molecule has 1 saturated heterocycles. The monoisotopic (exact) mass is 318 g/mol. The maximum absolute atomic E-state index is 14.0. The molecule has 0 unspecified atom stereocenters. The minimum Gasteiger partial charge on any atom is -0.319 e. The van der Waals surface area contributed by atoms with Gasteiger partial charge in [0.15, 0.2) is 0 Å². The van der Waals surface area contributed by atoms with Gasteiger partial charge in [0.1, 0.15) is 17.7 Å². The minimum atomic E-state index is -0.960. The van der Waals surface area contributed by atoms with Gasteiger partial charge in [-0.3, -0.25) is 0 Å². The highest BCUT2D eigenvalue weighted by Gasteiger charge is 2.30. The van der Waals surface area contributed by atoms with Crippen molar-refractivity contribution in [2.45, 2.75) is 13.1 Å². The first-order valence-corrected chi connectivity index (χ1v) is 7.24. The van der Waals surface area contributed by atoms with E-state index in [2.05, 4.69) is 10.4 Å². The number of likely N-dealkylation sites (tertiary alicyclic amines) is 1. The van der Waals surface area contributed by atoms with E-state index in [-0.39, 0.29) is 18.8 Å². The number of carbonyl (C=O) groups excluding carboxylic acids is 1. The van der Waals surface area contributed by atoms with Crippen LogP contribution in [0.3, 0.4) is 0 Å². The van der Waals surface area contributed by atoms with Crippen molar-refractivity contribution in [3.8, 4) is 5.69 Å². The van der Waals surface area contributed by atoms with Crippen LogP contribution >= 0.6 is 0 Å². The van der Waals surface area contributed by atoms with Gasteiger partial charge in [0.25, 0.3) is 0 Å². The maximum Gasteiger partial charge on any atom is 0.322 e. The number of benzene rings is 1. The molecule has 2 heterocycles. The standard InChI is InChI=1S/C16H16F2N4O/c1-2-3-11-7-19-22(8-11)15-6-13(4-5-14(15)18)20-16(23)21-9-12(17)10-21/h2-8,12H,9-10H2,1H3,(H,20,23)/b3-2+. The summed E-state index contributed by atoms with van der Waals surface area (Å²) in [6, 6.07) is 3.81. The average Bonchev–Trinajstić information content (AvgIpc) is 2.94. The summed E-state index contributed by atoms with van der Waals surface area (Å²) in [6.07, 6.45) is 6.06. The van der Waals surface area contributed by atoms with E-state index in [4.69, 9.17) is 0 Å². The van der Waals surface area contributed by atoms with Gasteiger partial charge in [0.2, 0.25) is 0 Å². The molecule has 120 valence electrons. The van der Waals surface area contributed by atoms with E-state index in [0.29, 0.717) is 5.69 Å². The van der Waals surface area contributed by atoms with Crippen LogP contribution in [0.5, 0.6) is 0 Å². The number of anilines is 1. The molecule has 0 atom stereocenters. The molecule has 0 radical (unpaired) electrons. The second kappa shape index (κ2) is 6.20. The molecule has 2 aromatic rings. The van der Waals surface area contributed by atoms with Gasteiger partial charge in [-0.1, -0.05) is 12.2 Å². The molecule has 7 heteroatoms. The zero-order valence-corrected chi connectivity index (χ0v) is 12.5. The Morgan fingerprint density at radius 3 is 2.91 bits per heavy atom. The predicted molar refractivity (Wildman–Crippen MR) is 83.7 cm³/mol. The molecule has 0 saturated carbocycles. The molecule has 1 aliphatic heterocycles. The summed E-state index contributed by atoms with van der Waals surface area (Å²) in [7, 11) is 0. The summed E-state index contributed by atoms with van der Waals surface area (Å²) >= 11 is 0. The normalized spacial score (nSPS) is 15.0. The lowest BCUT2D eigenvalue weighted by Crippen LogP contribution is -2.53. The Bertz CT molecular complexity index is 750. The number of nitrogens with zero attached hydrogens (tertiary/aromatic N) is 3. The van der Waals surface area contributed by atoms with Crippen LogP contribution in [0.1, 0.15) is 12.5 Å². The molecule has 0 spiro atoms. The van der Waals surface area contributed by atoms with Crippen LogP contribution in [-0.2, 0) is 0 Å². The summed E-state index contributed by atoms with van der Waals surface area (Å²) in [5, 5.41) is 6.74. The number of aromatic nitrogens is 2. The van der Waals surface area contributed by atoms with Crippen molar-refractivity contribution < 1.29 is 13.6 Å². The van der Waals surface area contributed by atoms with Crippen LogP contribution in [0.2, 0.25) is 0 Å². The fourth-order valence-corrected chi connectivity index (χ4v) is 2.31. The third-order valence-corrected chi connectivity index (χ3v) is 3.53. The van der Waals surface area contributed by atoms with Gasteiger partial charge in [0.05, 0.1) is 19.3 Å². The van der Waals surface area contributed by atoms with E-state index in [1.807, 2.05) is 19.1 Å². The van der Waals surface area contributed by atoms with Crippen molar-refractivity contribution >= 4 is 17.8 Å². The van der Waals surface area contributed by atoms with Crippen LogP contribution < -0.4 is 5.32 Å². The van der Waals surface area contributed by atoms with Gasteiger partial charge in [-0.05, 0) is 25.1 Å². The first kappa shape index (κ1) is 15.2. The van der Waals surface area contributed by atoms with Crippen LogP contribution in [0, 0.1) is 5.82 Å². The van der Waals surface area contributed by atoms with Gasteiger partial charge < -0.3 is 10.2 Å². The van der Waals surface area contributed by atoms with E-state index in [9.17, 15) is 13.6 Å². The van der Waals surface area contributed by atoms with Gasteiger partial charge in [0, 0.05) is 17.4 Å². The first-order chi connectivity index (χ1) is 11.1. The number of urea groups is 1. The number of carbonyl (C=O) groups is 1. The molecule has 3 rings (SSSR count). The predicted octanol–water partition coefficient (Wildman–Crippen LogP) is 3.23. The summed E-state index contributed by atoms with van der Waals surface area (Å²) in [4.78, 5) is 13.2. The molecule has 0 aliphatic carbocycles. The van der Waals surface area contributed by atoms with Crippen molar-refractivity contribution in [3.63, 3.8) is 0 Å². The first-order valence-electron chi connectivity index (χ1n) is 7.24. The van der Waals surface area contributed by atoms with Crippen LogP contribution in [0.25, 0.3) is 11.8 Å². The zero-order chi connectivity index (χ0) is 16.4. The number of alkyl halides is 1. The fourth-order valence-electron chi connectivity index (χ4n) is 2.31. The van der Waals surface area contributed by atoms with Crippen molar-refractivity contribution in [2.24, 2.45) is 0 Å². The topological polar surface area (TPSA) is 50.2 Å². The highest BCUT2D eigenvalue weighted by atomic mass is 19.1. The SMILES string of the molecule is C/C=C/c1cnn(-c2cc(NC(=O)N3CC(F)C3)ccc2F)c1. The maximum atomic E-state index is 14.0. The summed E-state index contributed by atoms with van der Waals surface area (Å²) in [6.45, 7) is 2.06. The Morgan fingerprint density at radius 1 is 1.43 bits per heavy atom. The number of allylic oxidation sites excluding steroid dienone is 1. The number of nitrogens with one attached hydrogen (secondary N) is 1. The minimum absolute atomic E-state index is 0.0890. The fraction of sp³-hybridized carbons (Fsp3) is 0.250. The van der Waals surface area contributed by atoms with Gasteiger partial charge in [-0.15, -0.1) is 0 Å². The van der Waals surface area contributed by atoms with Gasteiger partial charge in [-0.25, -0.2) is 18.3 Å². The third-order valence-electron chi connectivity index (χ3n) is 3.53. The third kappa shape index (κ3) is 3.23. The molecule has 1 fully saturated rings. The second-order valence-electron chi connectivity index (χ2n) is 5.32. The Hall–Kier alpha value is -2.70. The van der Waals surface area contributed by atoms with Crippen LogP contribution in [0.15, 0.2) is 36.7 Å². The second-order valence-corrected chi connectivity index (χ2v) is 5.32. The largest absolute Gasteiger partial charge is 0.322 e. The van der Waals surface area contributed by atoms with Crippen LogP contribution in [0.4, 0.5) is 19.3 Å². The molecule has 1 aliphatic rings. The average molecular weight is 318 g/mol. The lowest BCUT2D eigenvalue weighted by atomic mass is 10.2.